The predicted octanol–water partition coefficient (Wildman–Crippen LogP) is 4.24. The first-order valence-electron chi connectivity index (χ1n) is 8.43. The molecule has 3 aromatic rings. The minimum Gasteiger partial charge on any atom is -0.326 e. The molecule has 2 atom stereocenters. The quantitative estimate of drug-likeness (QED) is 0.707. The molecule has 5 nitrogen and oxygen atoms in total. The lowest BCUT2D eigenvalue weighted by atomic mass is 10.2. The third kappa shape index (κ3) is 3.61. The number of nitrogens with one attached hydrogen (secondary N) is 2. The number of anilines is 2. The number of pyridine rings is 1. The summed E-state index contributed by atoms with van der Waals surface area (Å²) in [7, 11) is 0. The molecule has 0 bridgehead atoms. The molecule has 2 unspecified atom stereocenters. The smallest absolute Gasteiger partial charge is 0.228 e. The Kier molecular flexibility index (Phi) is 4.49. The van der Waals surface area contributed by atoms with Gasteiger partial charge in [-0.25, -0.2) is 4.39 Å². The van der Waals surface area contributed by atoms with E-state index in [2.05, 4.69) is 15.6 Å². The van der Waals surface area contributed by atoms with E-state index in [0.717, 1.165) is 5.39 Å². The topological polar surface area (TPSA) is 71.1 Å². The van der Waals surface area contributed by atoms with E-state index in [0.29, 0.717) is 23.3 Å². The molecule has 27 heavy (non-hydrogen) atoms. The van der Waals surface area contributed by atoms with Crippen LogP contribution in [0.1, 0.15) is 6.42 Å². The molecule has 136 valence electrons. The normalized spacial score (nSPS) is 18.1. The highest BCUT2D eigenvalue weighted by Gasteiger charge is 2.48. The van der Waals surface area contributed by atoms with Gasteiger partial charge in [-0.05, 0) is 36.8 Å². The van der Waals surface area contributed by atoms with Crippen molar-refractivity contribution in [3.8, 4) is 0 Å². The standard InChI is InChI=1S/C20H15ClFN3O2/c21-15-9-12(6-7-16(15)22)24-19(26)13-10-14(13)20(27)25-17-5-1-3-11-4-2-8-23-18(11)17/h1-9,13-14H,10H2,(H,24,26)(H,25,27). The molecule has 0 radical (unpaired) electrons. The molecule has 1 heterocycles. The SMILES string of the molecule is O=C(Nc1ccc(F)c(Cl)c1)C1CC1C(=O)Nc1cccc2cccnc12. The number of hydrogen-bond acceptors (Lipinski definition) is 3. The van der Waals surface area contributed by atoms with Crippen LogP contribution in [0.4, 0.5) is 15.8 Å². The minimum atomic E-state index is -0.554. The summed E-state index contributed by atoms with van der Waals surface area (Å²) in [6.07, 6.45) is 2.13. The summed E-state index contributed by atoms with van der Waals surface area (Å²) >= 11 is 5.71. The van der Waals surface area contributed by atoms with Crippen molar-refractivity contribution >= 4 is 45.7 Å². The largest absolute Gasteiger partial charge is 0.326 e. The van der Waals surface area contributed by atoms with Gasteiger partial charge in [-0.1, -0.05) is 29.8 Å². The minimum absolute atomic E-state index is 0.0682. The number of para-hydroxylation sites is 1. The maximum atomic E-state index is 13.2. The van der Waals surface area contributed by atoms with Gasteiger partial charge in [0.1, 0.15) is 5.82 Å². The van der Waals surface area contributed by atoms with Crippen LogP contribution in [0.2, 0.25) is 5.02 Å². The highest BCUT2D eigenvalue weighted by molar-refractivity contribution is 6.31. The fraction of sp³-hybridized carbons (Fsp3) is 0.150. The summed E-state index contributed by atoms with van der Waals surface area (Å²) in [6, 6.07) is 13.2. The molecule has 1 aliphatic rings. The number of fused-ring (bicyclic) bond motifs is 1. The zero-order valence-electron chi connectivity index (χ0n) is 14.1. The molecule has 0 saturated heterocycles. The highest BCUT2D eigenvalue weighted by Crippen LogP contribution is 2.40. The number of halogens is 2. The lowest BCUT2D eigenvalue weighted by Gasteiger charge is -2.08. The Hall–Kier alpha value is -2.99. The first-order valence-corrected chi connectivity index (χ1v) is 8.81. The van der Waals surface area contributed by atoms with Crippen molar-refractivity contribution in [2.24, 2.45) is 11.8 Å². The van der Waals surface area contributed by atoms with Crippen molar-refractivity contribution in [3.05, 3.63) is 65.6 Å². The number of carbonyl (C=O) groups excluding carboxylic acids is 2. The van der Waals surface area contributed by atoms with Crippen molar-refractivity contribution in [2.45, 2.75) is 6.42 Å². The van der Waals surface area contributed by atoms with Crippen molar-refractivity contribution < 1.29 is 14.0 Å². The molecule has 2 aromatic carbocycles. The second-order valence-electron chi connectivity index (χ2n) is 6.44. The number of carbonyl (C=O) groups is 2. The molecule has 2 N–H and O–H groups in total. The van der Waals surface area contributed by atoms with Gasteiger partial charge >= 0.3 is 0 Å². The number of hydrogen-bond donors (Lipinski definition) is 2. The Morgan fingerprint density at radius 2 is 1.78 bits per heavy atom. The first kappa shape index (κ1) is 17.4. The average molecular weight is 384 g/mol. The summed E-state index contributed by atoms with van der Waals surface area (Å²) in [5, 5.41) is 6.38. The number of nitrogens with zero attached hydrogens (tertiary/aromatic N) is 1. The van der Waals surface area contributed by atoms with Crippen LogP contribution in [-0.4, -0.2) is 16.8 Å². The summed E-state index contributed by atoms with van der Waals surface area (Å²) < 4.78 is 13.2. The maximum absolute atomic E-state index is 13.2. The number of rotatable bonds is 4. The Morgan fingerprint density at radius 1 is 1.04 bits per heavy atom. The van der Waals surface area contributed by atoms with Crippen LogP contribution in [0.15, 0.2) is 54.7 Å². The summed E-state index contributed by atoms with van der Waals surface area (Å²) in [5.74, 6) is -1.88. The van der Waals surface area contributed by atoms with Gasteiger partial charge in [-0.15, -0.1) is 0 Å². The Balaban J connectivity index is 1.41. The van der Waals surface area contributed by atoms with Gasteiger partial charge in [-0.3, -0.25) is 14.6 Å². The summed E-state index contributed by atoms with van der Waals surface area (Å²) in [5.41, 5.74) is 1.72. The molecule has 1 saturated carbocycles. The third-order valence-corrected chi connectivity index (χ3v) is 4.83. The highest BCUT2D eigenvalue weighted by atomic mass is 35.5. The molecule has 4 rings (SSSR count). The molecule has 1 fully saturated rings. The van der Waals surface area contributed by atoms with Crippen molar-refractivity contribution in [3.63, 3.8) is 0 Å². The lowest BCUT2D eigenvalue weighted by Crippen LogP contribution is -2.20. The van der Waals surface area contributed by atoms with E-state index in [1.807, 2.05) is 24.3 Å². The summed E-state index contributed by atoms with van der Waals surface area (Å²) in [6.45, 7) is 0. The molecule has 1 aromatic heterocycles. The second-order valence-corrected chi connectivity index (χ2v) is 6.84. The van der Waals surface area contributed by atoms with E-state index >= 15 is 0 Å². The molecule has 0 spiro atoms. The van der Waals surface area contributed by atoms with Gasteiger partial charge in [0, 0.05) is 17.3 Å². The van der Waals surface area contributed by atoms with Crippen LogP contribution >= 0.6 is 11.6 Å². The Labute approximate surface area is 159 Å². The van der Waals surface area contributed by atoms with Crippen LogP contribution < -0.4 is 10.6 Å². The van der Waals surface area contributed by atoms with Crippen LogP contribution in [0.25, 0.3) is 10.9 Å². The molecular weight excluding hydrogens is 369 g/mol. The zero-order chi connectivity index (χ0) is 19.0. The fourth-order valence-electron chi connectivity index (χ4n) is 3.01. The number of benzene rings is 2. The molecule has 1 aliphatic carbocycles. The maximum Gasteiger partial charge on any atom is 0.228 e. The third-order valence-electron chi connectivity index (χ3n) is 4.54. The van der Waals surface area contributed by atoms with Crippen LogP contribution in [0.5, 0.6) is 0 Å². The van der Waals surface area contributed by atoms with Crippen LogP contribution in [0.3, 0.4) is 0 Å². The Bertz CT molecular complexity index is 1050. The second kappa shape index (κ2) is 6.96. The van der Waals surface area contributed by atoms with E-state index in [9.17, 15) is 14.0 Å². The van der Waals surface area contributed by atoms with Crippen molar-refractivity contribution in [1.29, 1.82) is 0 Å². The van der Waals surface area contributed by atoms with Gasteiger partial charge in [0.2, 0.25) is 11.8 Å². The van der Waals surface area contributed by atoms with Gasteiger partial charge in [0.15, 0.2) is 0 Å². The first-order chi connectivity index (χ1) is 13.0. The monoisotopic (exact) mass is 383 g/mol. The molecular formula is C20H15ClFN3O2. The lowest BCUT2D eigenvalue weighted by molar-refractivity contribution is -0.122. The van der Waals surface area contributed by atoms with Gasteiger partial charge in [-0.2, -0.15) is 0 Å². The zero-order valence-corrected chi connectivity index (χ0v) is 14.8. The fourth-order valence-corrected chi connectivity index (χ4v) is 3.19. The average Bonchev–Trinajstić information content (AvgIpc) is 3.46. The van der Waals surface area contributed by atoms with Gasteiger partial charge < -0.3 is 10.6 Å². The van der Waals surface area contributed by atoms with Crippen molar-refractivity contribution in [2.75, 3.05) is 10.6 Å². The van der Waals surface area contributed by atoms with Crippen LogP contribution in [0, 0.1) is 17.7 Å². The van der Waals surface area contributed by atoms with Crippen LogP contribution in [-0.2, 0) is 9.59 Å². The summed E-state index contributed by atoms with van der Waals surface area (Å²) in [4.78, 5) is 29.1. The number of aromatic nitrogens is 1. The Morgan fingerprint density at radius 3 is 2.56 bits per heavy atom. The van der Waals surface area contributed by atoms with Gasteiger partial charge in [0.05, 0.1) is 28.1 Å². The number of amides is 2. The molecule has 2 amide bonds. The van der Waals surface area contributed by atoms with E-state index in [1.54, 1.807) is 12.3 Å². The van der Waals surface area contributed by atoms with Crippen molar-refractivity contribution in [1.82, 2.24) is 4.98 Å². The predicted molar refractivity (Wildman–Crippen MR) is 102 cm³/mol. The van der Waals surface area contributed by atoms with E-state index in [-0.39, 0.29) is 16.8 Å². The van der Waals surface area contributed by atoms with E-state index < -0.39 is 17.7 Å². The van der Waals surface area contributed by atoms with Gasteiger partial charge in [0.25, 0.3) is 0 Å². The van der Waals surface area contributed by atoms with E-state index in [4.69, 9.17) is 11.6 Å². The molecule has 7 heteroatoms. The van der Waals surface area contributed by atoms with E-state index in [1.165, 1.54) is 18.2 Å². The molecule has 0 aliphatic heterocycles.